The molecule has 1 aromatic heterocycles. The first-order valence-corrected chi connectivity index (χ1v) is 6.63. The highest BCUT2D eigenvalue weighted by molar-refractivity contribution is 5.96. The SMILES string of the molecule is O=C(CNC(=O)c1cccc(F)c1)NN=Cc1cc(=O)[nH]c(=O)[nH]1. The molecule has 124 valence electrons. The number of hydrazone groups is 1. The van der Waals surface area contributed by atoms with E-state index in [0.29, 0.717) is 0 Å². The van der Waals surface area contributed by atoms with Crippen LogP contribution in [0.1, 0.15) is 16.1 Å². The maximum absolute atomic E-state index is 13.0. The van der Waals surface area contributed by atoms with E-state index in [9.17, 15) is 23.6 Å². The van der Waals surface area contributed by atoms with Gasteiger partial charge >= 0.3 is 5.69 Å². The van der Waals surface area contributed by atoms with Crippen molar-refractivity contribution in [2.24, 2.45) is 5.10 Å². The van der Waals surface area contributed by atoms with Crippen molar-refractivity contribution < 1.29 is 14.0 Å². The molecule has 0 aliphatic rings. The number of hydrogen-bond donors (Lipinski definition) is 4. The van der Waals surface area contributed by atoms with Crippen molar-refractivity contribution in [2.75, 3.05) is 6.54 Å². The lowest BCUT2D eigenvalue weighted by Crippen LogP contribution is -2.35. The van der Waals surface area contributed by atoms with E-state index >= 15 is 0 Å². The summed E-state index contributed by atoms with van der Waals surface area (Å²) in [4.78, 5) is 49.5. The topological polar surface area (TPSA) is 136 Å². The molecule has 0 aliphatic heterocycles. The summed E-state index contributed by atoms with van der Waals surface area (Å²) < 4.78 is 13.0. The second-order valence-corrected chi connectivity index (χ2v) is 4.53. The number of halogens is 1. The maximum atomic E-state index is 13.0. The van der Waals surface area contributed by atoms with Crippen LogP contribution in [0.3, 0.4) is 0 Å². The summed E-state index contributed by atoms with van der Waals surface area (Å²) in [5, 5.41) is 5.82. The Morgan fingerprint density at radius 2 is 2.00 bits per heavy atom. The number of hydrogen-bond acceptors (Lipinski definition) is 5. The zero-order valence-corrected chi connectivity index (χ0v) is 12.1. The number of aromatic amines is 2. The summed E-state index contributed by atoms with van der Waals surface area (Å²) in [6.45, 7) is -0.390. The van der Waals surface area contributed by atoms with Crippen molar-refractivity contribution in [1.29, 1.82) is 0 Å². The molecule has 0 spiro atoms. The first-order valence-electron chi connectivity index (χ1n) is 6.63. The number of carbonyl (C=O) groups excluding carboxylic acids is 2. The lowest BCUT2D eigenvalue weighted by molar-refractivity contribution is -0.120. The van der Waals surface area contributed by atoms with Gasteiger partial charge in [-0.1, -0.05) is 6.07 Å². The summed E-state index contributed by atoms with van der Waals surface area (Å²) in [6, 6.07) is 6.07. The van der Waals surface area contributed by atoms with Gasteiger partial charge in [0.25, 0.3) is 17.4 Å². The van der Waals surface area contributed by atoms with Crippen LogP contribution in [0.4, 0.5) is 4.39 Å². The van der Waals surface area contributed by atoms with Gasteiger partial charge in [0.05, 0.1) is 18.5 Å². The number of amides is 2. The van der Waals surface area contributed by atoms with Gasteiger partial charge in [-0.05, 0) is 18.2 Å². The molecule has 0 atom stereocenters. The summed E-state index contributed by atoms with van der Waals surface area (Å²) >= 11 is 0. The van der Waals surface area contributed by atoms with Crippen molar-refractivity contribution in [2.45, 2.75) is 0 Å². The molecule has 0 aliphatic carbocycles. The Morgan fingerprint density at radius 1 is 1.21 bits per heavy atom. The van der Waals surface area contributed by atoms with Gasteiger partial charge in [-0.2, -0.15) is 5.10 Å². The first kappa shape index (κ1) is 16.8. The number of H-pyrrole nitrogens is 2. The van der Waals surface area contributed by atoms with Gasteiger partial charge in [0, 0.05) is 11.6 Å². The Morgan fingerprint density at radius 3 is 2.71 bits per heavy atom. The molecule has 0 radical (unpaired) electrons. The van der Waals surface area contributed by atoms with Gasteiger partial charge in [0.2, 0.25) is 0 Å². The summed E-state index contributed by atoms with van der Waals surface area (Å²) in [5.41, 5.74) is 0.935. The van der Waals surface area contributed by atoms with Crippen LogP contribution in [0.15, 0.2) is 45.0 Å². The molecule has 9 nitrogen and oxygen atoms in total. The fraction of sp³-hybridized carbons (Fsp3) is 0.0714. The van der Waals surface area contributed by atoms with Gasteiger partial charge in [0.15, 0.2) is 0 Å². The molecule has 0 saturated heterocycles. The minimum absolute atomic E-state index is 0.0763. The molecule has 24 heavy (non-hydrogen) atoms. The average molecular weight is 333 g/mol. The van der Waals surface area contributed by atoms with Crippen molar-refractivity contribution in [3.63, 3.8) is 0 Å². The second kappa shape index (κ2) is 7.63. The molecular weight excluding hydrogens is 321 g/mol. The number of benzene rings is 1. The van der Waals surface area contributed by atoms with E-state index in [1.165, 1.54) is 18.2 Å². The number of nitrogens with zero attached hydrogens (tertiary/aromatic N) is 1. The summed E-state index contributed by atoms with van der Waals surface area (Å²) in [5.74, 6) is -1.83. The van der Waals surface area contributed by atoms with Gasteiger partial charge in [-0.15, -0.1) is 0 Å². The fourth-order valence-corrected chi connectivity index (χ4v) is 1.66. The smallest absolute Gasteiger partial charge is 0.326 e. The zero-order valence-electron chi connectivity index (χ0n) is 12.1. The Balaban J connectivity index is 1.85. The third-order valence-corrected chi connectivity index (χ3v) is 2.67. The molecule has 4 N–H and O–H groups in total. The van der Waals surface area contributed by atoms with Crippen LogP contribution < -0.4 is 22.0 Å². The van der Waals surface area contributed by atoms with Crippen LogP contribution in [0.25, 0.3) is 0 Å². The Bertz CT molecular complexity index is 874. The Kier molecular flexibility index (Phi) is 5.34. The van der Waals surface area contributed by atoms with Crippen molar-refractivity contribution in [3.8, 4) is 0 Å². The second-order valence-electron chi connectivity index (χ2n) is 4.53. The van der Waals surface area contributed by atoms with Gasteiger partial charge < -0.3 is 10.3 Å². The van der Waals surface area contributed by atoms with Crippen molar-refractivity contribution in [1.82, 2.24) is 20.7 Å². The predicted octanol–water partition coefficient (Wildman–Crippen LogP) is -0.918. The zero-order chi connectivity index (χ0) is 17.5. The minimum atomic E-state index is -0.711. The Labute approximate surface area is 133 Å². The van der Waals surface area contributed by atoms with E-state index in [1.807, 2.05) is 4.98 Å². The quantitative estimate of drug-likeness (QED) is 0.415. The van der Waals surface area contributed by atoms with Gasteiger partial charge in [0.1, 0.15) is 5.82 Å². The van der Waals surface area contributed by atoms with E-state index in [4.69, 9.17) is 0 Å². The molecule has 1 heterocycles. The molecule has 1 aromatic carbocycles. The predicted molar refractivity (Wildman–Crippen MR) is 82.2 cm³/mol. The van der Waals surface area contributed by atoms with Gasteiger partial charge in [-0.25, -0.2) is 14.6 Å². The summed E-state index contributed by atoms with van der Waals surface area (Å²) in [7, 11) is 0. The normalized spacial score (nSPS) is 10.5. The number of rotatable bonds is 5. The largest absolute Gasteiger partial charge is 0.343 e. The number of nitrogens with one attached hydrogen (secondary N) is 4. The van der Waals surface area contributed by atoms with Crippen LogP contribution in [0, 0.1) is 5.82 Å². The molecular formula is C14H12FN5O4. The molecule has 0 unspecified atom stereocenters. The molecule has 0 bridgehead atoms. The molecule has 0 fully saturated rings. The van der Waals surface area contributed by atoms with Crippen molar-refractivity contribution >= 4 is 18.0 Å². The third kappa shape index (κ3) is 5.02. The first-order chi connectivity index (χ1) is 11.4. The van der Waals surface area contributed by atoms with Crippen LogP contribution in [0.5, 0.6) is 0 Å². The maximum Gasteiger partial charge on any atom is 0.326 e. The van der Waals surface area contributed by atoms with Crippen LogP contribution in [0.2, 0.25) is 0 Å². The van der Waals surface area contributed by atoms with E-state index in [2.05, 4.69) is 20.8 Å². The monoisotopic (exact) mass is 333 g/mol. The standard InChI is InChI=1S/C14H12FN5O4/c15-9-3-1-2-8(4-9)13(23)16-7-12(22)20-17-6-10-5-11(21)19-14(24)18-10/h1-6H,7H2,(H,16,23)(H,20,22)(H2,18,19,21,24). The highest BCUT2D eigenvalue weighted by atomic mass is 19.1. The van der Waals surface area contributed by atoms with Crippen LogP contribution in [-0.2, 0) is 4.79 Å². The Hall–Kier alpha value is -3.56. The molecule has 2 amide bonds. The summed E-state index contributed by atoms with van der Waals surface area (Å²) in [6.07, 6.45) is 1.06. The van der Waals surface area contributed by atoms with Crippen molar-refractivity contribution in [3.05, 3.63) is 68.2 Å². The minimum Gasteiger partial charge on any atom is -0.343 e. The highest BCUT2D eigenvalue weighted by Gasteiger charge is 2.08. The van der Waals surface area contributed by atoms with E-state index in [0.717, 1.165) is 18.3 Å². The lowest BCUT2D eigenvalue weighted by Gasteiger charge is -2.04. The highest BCUT2D eigenvalue weighted by Crippen LogP contribution is 2.02. The van der Waals surface area contributed by atoms with E-state index < -0.39 is 35.4 Å². The van der Waals surface area contributed by atoms with Crippen LogP contribution in [-0.4, -0.2) is 34.5 Å². The van der Waals surface area contributed by atoms with Crippen LogP contribution >= 0.6 is 0 Å². The molecule has 2 aromatic rings. The molecule has 0 saturated carbocycles. The average Bonchev–Trinajstić information content (AvgIpc) is 2.51. The number of aromatic nitrogens is 2. The fourth-order valence-electron chi connectivity index (χ4n) is 1.66. The lowest BCUT2D eigenvalue weighted by atomic mass is 10.2. The third-order valence-electron chi connectivity index (χ3n) is 2.67. The molecule has 10 heteroatoms. The van der Waals surface area contributed by atoms with Gasteiger partial charge in [-0.3, -0.25) is 19.4 Å². The van der Waals surface area contributed by atoms with E-state index in [1.54, 1.807) is 0 Å². The molecule has 2 rings (SSSR count). The van der Waals surface area contributed by atoms with E-state index in [-0.39, 0.29) is 11.3 Å². The number of carbonyl (C=O) groups is 2.